The van der Waals surface area contributed by atoms with Crippen molar-refractivity contribution < 1.29 is 13.9 Å². The fourth-order valence-electron chi connectivity index (χ4n) is 3.75. The number of carbonyl (C=O) groups is 1. The second-order valence-electron chi connectivity index (χ2n) is 7.30. The molecule has 0 saturated carbocycles. The predicted molar refractivity (Wildman–Crippen MR) is 129 cm³/mol. The minimum absolute atomic E-state index is 0.142. The van der Waals surface area contributed by atoms with Gasteiger partial charge < -0.3 is 9.15 Å². The molecule has 0 N–H and O–H groups in total. The molecule has 0 aliphatic heterocycles. The molecule has 0 bridgehead atoms. The van der Waals surface area contributed by atoms with Crippen molar-refractivity contribution in [3.63, 3.8) is 0 Å². The minimum atomic E-state index is -0.503. The Kier molecular flexibility index (Phi) is 5.71. The molecular weight excluding hydrogens is 436 g/mol. The largest absolute Gasteiger partial charge is 0.460 e. The lowest BCUT2D eigenvalue weighted by Crippen LogP contribution is -2.21. The molecular formula is C26H20N2O4S. The van der Waals surface area contributed by atoms with Crippen molar-refractivity contribution in [2.24, 2.45) is 0 Å². The number of rotatable bonds is 6. The van der Waals surface area contributed by atoms with Gasteiger partial charge in [0.25, 0.3) is 5.56 Å². The van der Waals surface area contributed by atoms with Gasteiger partial charge in [0.15, 0.2) is 5.16 Å². The highest BCUT2D eigenvalue weighted by atomic mass is 32.2. The maximum absolute atomic E-state index is 13.4. The summed E-state index contributed by atoms with van der Waals surface area (Å²) in [4.78, 5) is 30.8. The molecule has 0 atom stereocenters. The van der Waals surface area contributed by atoms with Crippen LogP contribution in [0, 0.1) is 0 Å². The Labute approximate surface area is 193 Å². The highest BCUT2D eigenvalue weighted by Gasteiger charge is 2.23. The Morgan fingerprint density at radius 2 is 1.67 bits per heavy atom. The minimum Gasteiger partial charge on any atom is -0.460 e. The fourth-order valence-corrected chi connectivity index (χ4v) is 4.79. The zero-order valence-corrected chi connectivity index (χ0v) is 18.7. The molecule has 0 spiro atoms. The monoisotopic (exact) mass is 456 g/mol. The molecule has 0 aliphatic rings. The molecule has 0 fully saturated rings. The van der Waals surface area contributed by atoms with E-state index < -0.39 is 5.97 Å². The third kappa shape index (κ3) is 3.91. The van der Waals surface area contributed by atoms with E-state index in [0.29, 0.717) is 27.4 Å². The standard InChI is InChI=1S/C26H20N2O4S/c1-2-31-25(30)23-20(18-12-7-9-15-22(18)32-23)16-33-26-27-21-14-8-6-13-19(21)24(29)28(26)17-10-4-3-5-11-17/h3-15H,2,16H2,1H3. The van der Waals surface area contributed by atoms with E-state index in [1.54, 1.807) is 17.6 Å². The molecule has 7 heteroatoms. The van der Waals surface area contributed by atoms with E-state index in [-0.39, 0.29) is 17.9 Å². The zero-order chi connectivity index (χ0) is 22.8. The Balaban J connectivity index is 1.63. The number of aromatic nitrogens is 2. The summed E-state index contributed by atoms with van der Waals surface area (Å²) >= 11 is 1.38. The van der Waals surface area contributed by atoms with E-state index in [2.05, 4.69) is 0 Å². The number of hydrogen-bond donors (Lipinski definition) is 0. The number of nitrogens with zero attached hydrogens (tertiary/aromatic N) is 2. The maximum atomic E-state index is 13.4. The van der Waals surface area contributed by atoms with E-state index in [0.717, 1.165) is 16.6 Å². The van der Waals surface area contributed by atoms with Gasteiger partial charge in [-0.3, -0.25) is 9.36 Å². The number of carbonyl (C=O) groups excluding carboxylic acids is 1. The van der Waals surface area contributed by atoms with Gasteiger partial charge in [-0.1, -0.05) is 60.3 Å². The first-order valence-electron chi connectivity index (χ1n) is 10.5. The van der Waals surface area contributed by atoms with Gasteiger partial charge >= 0.3 is 5.97 Å². The van der Waals surface area contributed by atoms with Crippen LogP contribution in [-0.4, -0.2) is 22.1 Å². The lowest BCUT2D eigenvalue weighted by Gasteiger charge is -2.13. The number of ether oxygens (including phenoxy) is 1. The van der Waals surface area contributed by atoms with Gasteiger partial charge in [-0.2, -0.15) is 0 Å². The maximum Gasteiger partial charge on any atom is 0.374 e. The number of hydrogen-bond acceptors (Lipinski definition) is 6. The third-order valence-corrected chi connectivity index (χ3v) is 6.23. The lowest BCUT2D eigenvalue weighted by atomic mass is 10.1. The van der Waals surface area contributed by atoms with Crippen molar-refractivity contribution in [1.29, 1.82) is 0 Å². The van der Waals surface area contributed by atoms with Crippen LogP contribution in [-0.2, 0) is 10.5 Å². The molecule has 2 heterocycles. The molecule has 0 saturated heterocycles. The molecule has 2 aromatic heterocycles. The molecule has 3 aromatic carbocycles. The SMILES string of the molecule is CCOC(=O)c1oc2ccccc2c1CSc1nc2ccccc2c(=O)n1-c1ccccc1. The first-order chi connectivity index (χ1) is 16.2. The van der Waals surface area contributed by atoms with Crippen LogP contribution in [0.15, 0.2) is 93.2 Å². The second-order valence-corrected chi connectivity index (χ2v) is 8.25. The summed E-state index contributed by atoms with van der Waals surface area (Å²) in [5.74, 6) is 0.0548. The van der Waals surface area contributed by atoms with Crippen LogP contribution in [0.3, 0.4) is 0 Å². The number of fused-ring (bicyclic) bond motifs is 2. The van der Waals surface area contributed by atoms with Gasteiger partial charge in [-0.15, -0.1) is 0 Å². The van der Waals surface area contributed by atoms with Crippen molar-refractivity contribution in [1.82, 2.24) is 9.55 Å². The second kappa shape index (κ2) is 8.96. The van der Waals surface area contributed by atoms with Crippen LogP contribution >= 0.6 is 11.8 Å². The molecule has 0 aliphatic carbocycles. The number of esters is 1. The molecule has 6 nitrogen and oxygen atoms in total. The van der Waals surface area contributed by atoms with Crippen molar-refractivity contribution in [2.75, 3.05) is 6.61 Å². The van der Waals surface area contributed by atoms with E-state index >= 15 is 0 Å². The topological polar surface area (TPSA) is 74.3 Å². The van der Waals surface area contributed by atoms with Gasteiger partial charge in [0, 0.05) is 16.7 Å². The van der Waals surface area contributed by atoms with Crippen LogP contribution in [0.5, 0.6) is 0 Å². The molecule has 0 radical (unpaired) electrons. The number of benzene rings is 3. The summed E-state index contributed by atoms with van der Waals surface area (Å²) < 4.78 is 12.7. The van der Waals surface area contributed by atoms with Crippen LogP contribution in [0.4, 0.5) is 0 Å². The normalized spacial score (nSPS) is 11.2. The van der Waals surface area contributed by atoms with Crippen LogP contribution in [0.25, 0.3) is 27.6 Å². The van der Waals surface area contributed by atoms with Gasteiger partial charge in [0.05, 0.1) is 23.2 Å². The average molecular weight is 457 g/mol. The Bertz CT molecular complexity index is 1520. The molecule has 164 valence electrons. The van der Waals surface area contributed by atoms with E-state index in [1.807, 2.05) is 72.8 Å². The summed E-state index contributed by atoms with van der Waals surface area (Å²) in [5.41, 5.74) is 2.54. The van der Waals surface area contributed by atoms with Crippen molar-refractivity contribution in [3.8, 4) is 5.69 Å². The number of thioether (sulfide) groups is 1. The van der Waals surface area contributed by atoms with Crippen LogP contribution in [0.2, 0.25) is 0 Å². The molecule has 33 heavy (non-hydrogen) atoms. The lowest BCUT2D eigenvalue weighted by molar-refractivity contribution is 0.0491. The summed E-state index contributed by atoms with van der Waals surface area (Å²) in [6, 6.07) is 24.2. The fraction of sp³-hybridized carbons (Fsp3) is 0.115. The molecule has 0 amide bonds. The van der Waals surface area contributed by atoms with Crippen molar-refractivity contribution >= 4 is 39.6 Å². The highest BCUT2D eigenvalue weighted by molar-refractivity contribution is 7.98. The Morgan fingerprint density at radius 1 is 0.970 bits per heavy atom. The van der Waals surface area contributed by atoms with Crippen molar-refractivity contribution in [3.05, 3.63) is 101 Å². The smallest absolute Gasteiger partial charge is 0.374 e. The summed E-state index contributed by atoms with van der Waals surface area (Å²) in [7, 11) is 0. The molecule has 5 rings (SSSR count). The summed E-state index contributed by atoms with van der Waals surface area (Å²) in [6.07, 6.45) is 0. The van der Waals surface area contributed by atoms with Gasteiger partial charge in [0.1, 0.15) is 5.58 Å². The molecule has 0 unspecified atom stereocenters. The molecule has 5 aromatic rings. The van der Waals surface area contributed by atoms with Gasteiger partial charge in [0.2, 0.25) is 5.76 Å². The van der Waals surface area contributed by atoms with E-state index in [9.17, 15) is 9.59 Å². The third-order valence-electron chi connectivity index (χ3n) is 5.26. The van der Waals surface area contributed by atoms with E-state index in [1.165, 1.54) is 11.8 Å². The quantitative estimate of drug-likeness (QED) is 0.188. The zero-order valence-electron chi connectivity index (χ0n) is 17.9. The van der Waals surface area contributed by atoms with Crippen LogP contribution < -0.4 is 5.56 Å². The first kappa shape index (κ1) is 21.0. The highest BCUT2D eigenvalue weighted by Crippen LogP contribution is 2.32. The van der Waals surface area contributed by atoms with Crippen LogP contribution in [0.1, 0.15) is 23.0 Å². The number of furan rings is 1. The number of para-hydroxylation sites is 3. The van der Waals surface area contributed by atoms with E-state index in [4.69, 9.17) is 14.1 Å². The average Bonchev–Trinajstić information content (AvgIpc) is 3.22. The Hall–Kier alpha value is -3.84. The summed E-state index contributed by atoms with van der Waals surface area (Å²) in [6.45, 7) is 2.01. The summed E-state index contributed by atoms with van der Waals surface area (Å²) in [5, 5.41) is 1.92. The predicted octanol–water partition coefficient (Wildman–Crippen LogP) is 5.60. The van der Waals surface area contributed by atoms with Crippen molar-refractivity contribution in [2.45, 2.75) is 17.8 Å². The van der Waals surface area contributed by atoms with Gasteiger partial charge in [-0.05, 0) is 37.3 Å². The Morgan fingerprint density at radius 3 is 2.45 bits per heavy atom. The van der Waals surface area contributed by atoms with Gasteiger partial charge in [-0.25, -0.2) is 9.78 Å². The first-order valence-corrected chi connectivity index (χ1v) is 11.5.